The van der Waals surface area contributed by atoms with E-state index < -0.39 is 5.79 Å². The van der Waals surface area contributed by atoms with E-state index in [1.54, 1.807) is 14.2 Å². The van der Waals surface area contributed by atoms with Crippen LogP contribution in [0.15, 0.2) is 0 Å². The summed E-state index contributed by atoms with van der Waals surface area (Å²) < 4.78 is 11.7. The molecular formula is C20H43NO2. The average Bonchev–Trinajstić information content (AvgIpc) is 2.57. The third-order valence-electron chi connectivity index (χ3n) is 5.21. The second-order valence-electron chi connectivity index (χ2n) is 6.86. The molecular weight excluding hydrogens is 286 g/mol. The largest absolute Gasteiger partial charge is 0.353 e. The Labute approximate surface area is 145 Å². The van der Waals surface area contributed by atoms with Crippen molar-refractivity contribution < 1.29 is 9.47 Å². The van der Waals surface area contributed by atoms with Crippen molar-refractivity contribution in [3.05, 3.63) is 0 Å². The maximum atomic E-state index is 5.84. The minimum Gasteiger partial charge on any atom is -0.353 e. The van der Waals surface area contributed by atoms with E-state index in [0.717, 1.165) is 13.0 Å². The fourth-order valence-corrected chi connectivity index (χ4v) is 3.65. The van der Waals surface area contributed by atoms with Crippen molar-refractivity contribution in [3.8, 4) is 0 Å². The van der Waals surface area contributed by atoms with Gasteiger partial charge in [-0.25, -0.2) is 0 Å². The molecule has 0 aliphatic rings. The first-order valence-corrected chi connectivity index (χ1v) is 9.93. The predicted octanol–water partition coefficient (Wildman–Crippen LogP) is 5.53. The number of ether oxygens (including phenoxy) is 2. The molecule has 0 heterocycles. The van der Waals surface area contributed by atoms with E-state index in [-0.39, 0.29) is 0 Å². The summed E-state index contributed by atoms with van der Waals surface area (Å²) >= 11 is 0. The van der Waals surface area contributed by atoms with Crippen molar-refractivity contribution in [2.75, 3.05) is 20.8 Å². The molecule has 1 N–H and O–H groups in total. The predicted molar refractivity (Wildman–Crippen MR) is 101 cm³/mol. The Kier molecular flexibility index (Phi) is 14.2. The molecule has 0 fully saturated rings. The van der Waals surface area contributed by atoms with Gasteiger partial charge in [-0.1, -0.05) is 59.3 Å². The molecule has 0 rings (SSSR count). The normalized spacial score (nSPS) is 14.9. The van der Waals surface area contributed by atoms with E-state index >= 15 is 0 Å². The highest BCUT2D eigenvalue weighted by molar-refractivity contribution is 4.80. The third-order valence-corrected chi connectivity index (χ3v) is 5.21. The Hall–Kier alpha value is -0.120. The lowest BCUT2D eigenvalue weighted by molar-refractivity contribution is -0.244. The molecule has 2 unspecified atom stereocenters. The van der Waals surface area contributed by atoms with Crippen LogP contribution in [0, 0.1) is 5.92 Å². The second kappa shape index (κ2) is 14.2. The number of methoxy groups -OCH3 is 2. The second-order valence-corrected chi connectivity index (χ2v) is 6.86. The fraction of sp³-hybridized carbons (Fsp3) is 1.00. The lowest BCUT2D eigenvalue weighted by atomic mass is 9.85. The summed E-state index contributed by atoms with van der Waals surface area (Å²) in [5.74, 6) is 0.0739. The number of hydrogen-bond acceptors (Lipinski definition) is 3. The van der Waals surface area contributed by atoms with Gasteiger partial charge in [0.25, 0.3) is 0 Å². The van der Waals surface area contributed by atoms with Crippen molar-refractivity contribution in [3.63, 3.8) is 0 Å². The van der Waals surface area contributed by atoms with E-state index in [2.05, 4.69) is 33.0 Å². The quantitative estimate of drug-likeness (QED) is 0.298. The van der Waals surface area contributed by atoms with E-state index in [1.165, 1.54) is 57.8 Å². The molecule has 0 bridgehead atoms. The average molecular weight is 330 g/mol. The molecule has 0 aromatic rings. The Morgan fingerprint density at radius 2 is 1.43 bits per heavy atom. The zero-order valence-corrected chi connectivity index (χ0v) is 16.7. The van der Waals surface area contributed by atoms with Crippen LogP contribution in [-0.2, 0) is 9.47 Å². The summed E-state index contributed by atoms with van der Waals surface area (Å²) in [5, 5.41) is 3.52. The van der Waals surface area contributed by atoms with Gasteiger partial charge in [0.15, 0.2) is 5.79 Å². The monoisotopic (exact) mass is 329 g/mol. The maximum Gasteiger partial charge on any atom is 0.170 e. The van der Waals surface area contributed by atoms with E-state index in [4.69, 9.17) is 9.47 Å². The van der Waals surface area contributed by atoms with Crippen LogP contribution in [0.2, 0.25) is 0 Å². The van der Waals surface area contributed by atoms with Crippen molar-refractivity contribution in [2.24, 2.45) is 5.92 Å². The Bertz CT molecular complexity index is 246. The van der Waals surface area contributed by atoms with Crippen LogP contribution in [0.5, 0.6) is 0 Å². The third kappa shape index (κ3) is 9.07. The van der Waals surface area contributed by atoms with Crippen LogP contribution >= 0.6 is 0 Å². The van der Waals surface area contributed by atoms with Gasteiger partial charge in [0.2, 0.25) is 0 Å². The first kappa shape index (κ1) is 22.9. The summed E-state index contributed by atoms with van der Waals surface area (Å²) in [5.41, 5.74) is 0. The minimum atomic E-state index is -0.407. The van der Waals surface area contributed by atoms with Gasteiger partial charge in [0, 0.05) is 26.2 Å². The van der Waals surface area contributed by atoms with Crippen LogP contribution in [0.25, 0.3) is 0 Å². The molecule has 140 valence electrons. The number of rotatable bonds is 16. The zero-order valence-electron chi connectivity index (χ0n) is 16.7. The molecule has 23 heavy (non-hydrogen) atoms. The van der Waals surface area contributed by atoms with Gasteiger partial charge in [0.1, 0.15) is 0 Å². The van der Waals surface area contributed by atoms with Crippen molar-refractivity contribution in [2.45, 2.75) is 104 Å². The summed E-state index contributed by atoms with van der Waals surface area (Å²) in [6.45, 7) is 9.93. The maximum absolute atomic E-state index is 5.84. The zero-order chi connectivity index (χ0) is 17.6. The van der Waals surface area contributed by atoms with E-state index in [0.29, 0.717) is 12.0 Å². The summed E-state index contributed by atoms with van der Waals surface area (Å²) in [6, 6.07) is 0.565. The molecule has 0 aliphatic carbocycles. The first-order chi connectivity index (χ1) is 11.1. The van der Waals surface area contributed by atoms with Gasteiger partial charge >= 0.3 is 0 Å². The number of nitrogens with one attached hydrogen (secondary N) is 1. The van der Waals surface area contributed by atoms with Crippen LogP contribution in [-0.4, -0.2) is 32.6 Å². The molecule has 0 saturated heterocycles. The van der Waals surface area contributed by atoms with Gasteiger partial charge in [-0.15, -0.1) is 0 Å². The molecule has 0 aromatic carbocycles. The van der Waals surface area contributed by atoms with Gasteiger partial charge in [-0.05, 0) is 39.2 Å². The highest BCUT2D eigenvalue weighted by Gasteiger charge is 2.36. The topological polar surface area (TPSA) is 30.5 Å². The summed E-state index contributed by atoms with van der Waals surface area (Å²) in [6.07, 6.45) is 12.5. The Balaban J connectivity index is 4.48. The highest BCUT2D eigenvalue weighted by atomic mass is 16.7. The van der Waals surface area contributed by atoms with E-state index in [9.17, 15) is 0 Å². The van der Waals surface area contributed by atoms with Crippen molar-refractivity contribution in [1.29, 1.82) is 0 Å². The Morgan fingerprint density at radius 1 is 0.826 bits per heavy atom. The van der Waals surface area contributed by atoms with Crippen molar-refractivity contribution in [1.82, 2.24) is 5.32 Å². The summed E-state index contributed by atoms with van der Waals surface area (Å²) in [7, 11) is 3.60. The molecule has 0 amide bonds. The summed E-state index contributed by atoms with van der Waals surface area (Å²) in [4.78, 5) is 0. The molecule has 3 nitrogen and oxygen atoms in total. The van der Waals surface area contributed by atoms with Crippen LogP contribution in [0.4, 0.5) is 0 Å². The molecule has 0 aliphatic heterocycles. The highest BCUT2D eigenvalue weighted by Crippen LogP contribution is 2.34. The van der Waals surface area contributed by atoms with Crippen LogP contribution in [0.1, 0.15) is 91.9 Å². The molecule has 0 aromatic heterocycles. The Morgan fingerprint density at radius 3 is 1.96 bits per heavy atom. The van der Waals surface area contributed by atoms with Gasteiger partial charge in [0.05, 0.1) is 0 Å². The smallest absolute Gasteiger partial charge is 0.170 e. The molecule has 0 radical (unpaired) electrons. The SMILES string of the molecule is CCCCCCCCC(CCC(C)NCC)C(CC)(OC)OC. The van der Waals surface area contributed by atoms with Gasteiger partial charge in [-0.3, -0.25) is 0 Å². The molecule has 0 spiro atoms. The standard InChI is InChI=1S/C20H43NO2/c1-7-10-11-12-13-14-15-19(17-16-18(4)21-9-3)20(8-2,22-5)23-6/h18-19,21H,7-17H2,1-6H3. The minimum absolute atomic E-state index is 0.407. The van der Waals surface area contributed by atoms with Crippen LogP contribution in [0.3, 0.4) is 0 Å². The van der Waals surface area contributed by atoms with Gasteiger partial charge in [-0.2, -0.15) is 0 Å². The molecule has 0 saturated carbocycles. The van der Waals surface area contributed by atoms with E-state index in [1.807, 2.05) is 0 Å². The number of unbranched alkanes of at least 4 members (excludes halogenated alkanes) is 5. The molecule has 2 atom stereocenters. The fourth-order valence-electron chi connectivity index (χ4n) is 3.65. The van der Waals surface area contributed by atoms with Crippen LogP contribution < -0.4 is 5.32 Å². The van der Waals surface area contributed by atoms with Gasteiger partial charge < -0.3 is 14.8 Å². The van der Waals surface area contributed by atoms with Crippen molar-refractivity contribution >= 4 is 0 Å². The lowest BCUT2D eigenvalue weighted by Crippen LogP contribution is -2.42. The first-order valence-electron chi connectivity index (χ1n) is 9.93. The lowest BCUT2D eigenvalue weighted by Gasteiger charge is -2.38. The number of hydrogen-bond donors (Lipinski definition) is 1. The molecule has 3 heteroatoms.